The van der Waals surface area contributed by atoms with E-state index in [0.717, 1.165) is 0 Å². The molecule has 184 valence electrons. The van der Waals surface area contributed by atoms with E-state index in [1.165, 1.54) is 0 Å². The molecule has 2 atom stereocenters. The second kappa shape index (κ2) is 12.8. The van der Waals surface area contributed by atoms with Crippen molar-refractivity contribution in [1.29, 1.82) is 5.41 Å². The fourth-order valence-electron chi connectivity index (χ4n) is 3.26. The monoisotopic (exact) mass is 473 g/mol. The third-order valence-electron chi connectivity index (χ3n) is 4.99. The third kappa shape index (κ3) is 8.76. The normalized spacial score (nSPS) is 17.2. The molecular weight excluding hydrogens is 442 g/mol. The van der Waals surface area contributed by atoms with Crippen molar-refractivity contribution in [2.45, 2.75) is 44.2 Å². The van der Waals surface area contributed by atoms with Crippen LogP contribution < -0.4 is 38.5 Å². The van der Waals surface area contributed by atoms with Gasteiger partial charge < -0.3 is 38.5 Å². The number of hydrogen-bond donors (Lipinski definition) is 8. The zero-order chi connectivity index (χ0) is 25.1. The van der Waals surface area contributed by atoms with Crippen molar-refractivity contribution in [2.24, 2.45) is 22.2 Å². The fraction of sp³-hybridized carbons (Fsp3) is 0.429. The number of rotatable bonds is 12. The average molecular weight is 474 g/mol. The van der Waals surface area contributed by atoms with E-state index in [2.05, 4.69) is 26.3 Å². The van der Waals surface area contributed by atoms with Crippen LogP contribution in [-0.4, -0.2) is 60.6 Å². The maximum absolute atomic E-state index is 12.4. The van der Waals surface area contributed by atoms with E-state index in [1.54, 1.807) is 24.3 Å². The molecule has 0 spiro atoms. The van der Waals surface area contributed by atoms with Crippen LogP contribution >= 0.6 is 0 Å². The molecule has 0 aliphatic carbocycles. The molecule has 1 aromatic carbocycles. The SMILES string of the molecule is N=C(N)c1cccc(NC(=O)C[C@@H]2NC(=O)[C@H](CCCCNC(=O)CCN=C(N)N)NC2=O)c1. The van der Waals surface area contributed by atoms with Crippen molar-refractivity contribution >= 4 is 41.1 Å². The second-order valence-corrected chi connectivity index (χ2v) is 7.77. The van der Waals surface area contributed by atoms with Gasteiger partial charge in [0.25, 0.3) is 0 Å². The maximum Gasteiger partial charge on any atom is 0.243 e. The number of unbranched alkanes of at least 4 members (excludes halogenated alkanes) is 1. The number of nitrogens with zero attached hydrogens (tertiary/aromatic N) is 1. The molecule has 2 rings (SSSR count). The molecule has 13 nitrogen and oxygen atoms in total. The van der Waals surface area contributed by atoms with Crippen LogP contribution in [0.3, 0.4) is 0 Å². The van der Waals surface area contributed by atoms with Gasteiger partial charge in [-0.25, -0.2) is 0 Å². The van der Waals surface area contributed by atoms with E-state index in [0.29, 0.717) is 37.1 Å². The largest absolute Gasteiger partial charge is 0.384 e. The minimum absolute atomic E-state index is 0.0667. The van der Waals surface area contributed by atoms with Gasteiger partial charge in [0, 0.05) is 24.2 Å². The molecule has 1 aliphatic rings. The molecule has 0 saturated carbocycles. The number of nitrogen functional groups attached to an aromatic ring is 1. The van der Waals surface area contributed by atoms with Gasteiger partial charge >= 0.3 is 0 Å². The van der Waals surface area contributed by atoms with Gasteiger partial charge in [0.15, 0.2) is 5.96 Å². The fourth-order valence-corrected chi connectivity index (χ4v) is 3.26. The molecule has 1 aromatic rings. The molecule has 0 radical (unpaired) electrons. The summed E-state index contributed by atoms with van der Waals surface area (Å²) in [5, 5.41) is 18.0. The molecule has 11 N–H and O–H groups in total. The number of aliphatic imine (C=N–C) groups is 1. The Bertz CT molecular complexity index is 959. The lowest BCUT2D eigenvalue weighted by atomic mass is 10.0. The Morgan fingerprint density at radius 2 is 1.74 bits per heavy atom. The van der Waals surface area contributed by atoms with Crippen LogP contribution in [0.5, 0.6) is 0 Å². The smallest absolute Gasteiger partial charge is 0.243 e. The number of benzene rings is 1. The van der Waals surface area contributed by atoms with Gasteiger partial charge in [0.05, 0.1) is 13.0 Å². The summed E-state index contributed by atoms with van der Waals surface area (Å²) in [4.78, 5) is 52.4. The number of nitrogens with two attached hydrogens (primary N) is 3. The first kappa shape index (κ1) is 26.1. The summed E-state index contributed by atoms with van der Waals surface area (Å²) < 4.78 is 0. The van der Waals surface area contributed by atoms with Gasteiger partial charge in [-0.3, -0.25) is 29.6 Å². The van der Waals surface area contributed by atoms with Gasteiger partial charge in [-0.15, -0.1) is 0 Å². The van der Waals surface area contributed by atoms with Crippen LogP contribution in [0, 0.1) is 5.41 Å². The number of anilines is 1. The summed E-state index contributed by atoms with van der Waals surface area (Å²) in [5.74, 6) is -1.64. The summed E-state index contributed by atoms with van der Waals surface area (Å²) in [7, 11) is 0. The molecule has 0 aromatic heterocycles. The maximum atomic E-state index is 12.4. The molecule has 1 heterocycles. The van der Waals surface area contributed by atoms with Crippen LogP contribution in [0.4, 0.5) is 5.69 Å². The van der Waals surface area contributed by atoms with Crippen molar-refractivity contribution in [1.82, 2.24) is 16.0 Å². The molecule has 0 unspecified atom stereocenters. The molecule has 1 fully saturated rings. The Kier molecular flexibility index (Phi) is 9.80. The van der Waals surface area contributed by atoms with Gasteiger partial charge in [-0.2, -0.15) is 0 Å². The summed E-state index contributed by atoms with van der Waals surface area (Å²) in [6.07, 6.45) is 1.57. The zero-order valence-corrected chi connectivity index (χ0v) is 18.7. The van der Waals surface area contributed by atoms with Crippen LogP contribution in [-0.2, 0) is 19.2 Å². The minimum atomic E-state index is -0.982. The zero-order valence-electron chi connectivity index (χ0n) is 18.7. The van der Waals surface area contributed by atoms with Crippen molar-refractivity contribution < 1.29 is 19.2 Å². The highest BCUT2D eigenvalue weighted by molar-refractivity contribution is 6.02. The van der Waals surface area contributed by atoms with Gasteiger partial charge in [-0.05, 0) is 31.4 Å². The van der Waals surface area contributed by atoms with Crippen molar-refractivity contribution in [3.05, 3.63) is 29.8 Å². The van der Waals surface area contributed by atoms with Crippen LogP contribution in [0.15, 0.2) is 29.3 Å². The molecule has 34 heavy (non-hydrogen) atoms. The highest BCUT2D eigenvalue weighted by Gasteiger charge is 2.34. The number of piperazine rings is 1. The number of hydrogen-bond acceptors (Lipinski definition) is 6. The number of amides is 4. The standard InChI is InChI=1S/C21H31N9O4/c22-18(23)12-4-3-5-13(10-12)28-17(32)11-15-20(34)29-14(19(33)30-15)6-1-2-8-26-16(31)7-9-27-21(24)25/h3-5,10,14-15H,1-2,6-9,11H2,(H3,22,23)(H,26,31)(H,28,32)(H,29,34)(H,30,33)(H4,24,25,27)/t14-,15-/m0/s1. The molecule has 0 bridgehead atoms. The molecule has 13 heteroatoms. The predicted octanol–water partition coefficient (Wildman–Crippen LogP) is -1.77. The number of amidine groups is 1. The Balaban J connectivity index is 1.70. The summed E-state index contributed by atoms with van der Waals surface area (Å²) >= 11 is 0. The predicted molar refractivity (Wildman–Crippen MR) is 127 cm³/mol. The number of guanidine groups is 1. The first-order chi connectivity index (χ1) is 16.2. The topological polar surface area (TPSA) is 231 Å². The van der Waals surface area contributed by atoms with Gasteiger partial charge in [-0.1, -0.05) is 12.1 Å². The first-order valence-corrected chi connectivity index (χ1v) is 10.8. The highest BCUT2D eigenvalue weighted by Crippen LogP contribution is 2.12. The van der Waals surface area contributed by atoms with E-state index >= 15 is 0 Å². The third-order valence-corrected chi connectivity index (χ3v) is 4.99. The van der Waals surface area contributed by atoms with E-state index in [4.69, 9.17) is 22.6 Å². The lowest BCUT2D eigenvalue weighted by Gasteiger charge is -2.29. The number of carbonyl (C=O) groups excluding carboxylic acids is 4. The van der Waals surface area contributed by atoms with Gasteiger partial charge in [0.1, 0.15) is 17.9 Å². The Morgan fingerprint density at radius 1 is 1.03 bits per heavy atom. The van der Waals surface area contributed by atoms with Gasteiger partial charge in [0.2, 0.25) is 23.6 Å². The number of nitrogens with one attached hydrogen (secondary N) is 5. The quantitative estimate of drug-likeness (QED) is 0.0987. The van der Waals surface area contributed by atoms with Crippen molar-refractivity contribution in [2.75, 3.05) is 18.4 Å². The van der Waals surface area contributed by atoms with Crippen molar-refractivity contribution in [3.63, 3.8) is 0 Å². The second-order valence-electron chi connectivity index (χ2n) is 7.77. The minimum Gasteiger partial charge on any atom is -0.384 e. The van der Waals surface area contributed by atoms with Crippen LogP contribution in [0.25, 0.3) is 0 Å². The molecule has 1 saturated heterocycles. The highest BCUT2D eigenvalue weighted by atomic mass is 16.2. The Morgan fingerprint density at radius 3 is 2.44 bits per heavy atom. The Labute approximate surface area is 196 Å². The van der Waals surface area contributed by atoms with E-state index < -0.39 is 23.9 Å². The van der Waals surface area contributed by atoms with E-state index in [1.807, 2.05) is 0 Å². The summed E-state index contributed by atoms with van der Waals surface area (Å²) in [6.45, 7) is 0.642. The lowest BCUT2D eigenvalue weighted by Crippen LogP contribution is -2.62. The first-order valence-electron chi connectivity index (χ1n) is 10.8. The Hall–Kier alpha value is -4.16. The van der Waals surface area contributed by atoms with Crippen molar-refractivity contribution in [3.8, 4) is 0 Å². The van der Waals surface area contributed by atoms with E-state index in [-0.39, 0.29) is 43.0 Å². The van der Waals surface area contributed by atoms with Crippen LogP contribution in [0.2, 0.25) is 0 Å². The number of carbonyl (C=O) groups is 4. The summed E-state index contributed by atoms with van der Waals surface area (Å²) in [6, 6.07) is 4.77. The molecular formula is C21H31N9O4. The average Bonchev–Trinajstić information content (AvgIpc) is 2.76. The lowest BCUT2D eigenvalue weighted by molar-refractivity contribution is -0.138. The molecule has 1 aliphatic heterocycles. The van der Waals surface area contributed by atoms with Crippen LogP contribution in [0.1, 0.15) is 37.7 Å². The summed E-state index contributed by atoms with van der Waals surface area (Å²) in [5.41, 5.74) is 16.7. The van der Waals surface area contributed by atoms with E-state index in [9.17, 15) is 19.2 Å². The molecule has 4 amide bonds.